The number of rotatable bonds is 5. The van der Waals surface area contributed by atoms with Gasteiger partial charge in [-0.3, -0.25) is 0 Å². The van der Waals surface area contributed by atoms with Crippen LogP contribution in [0.2, 0.25) is 0 Å². The van der Waals surface area contributed by atoms with Crippen LogP contribution in [-0.2, 0) is 24.7 Å². The average Bonchev–Trinajstić information content (AvgIpc) is 3.56. The molecule has 0 spiro atoms. The Bertz CT molecular complexity index is 2850. The zero-order valence-electron chi connectivity index (χ0n) is 37.8. The second-order valence-electron chi connectivity index (χ2n) is 20.7. The van der Waals surface area contributed by atoms with Gasteiger partial charge in [-0.05, 0) is 168 Å². The Morgan fingerprint density at radius 1 is 0.581 bits per heavy atom. The molecule has 4 aliphatic rings. The molecule has 0 N–H and O–H groups in total. The normalized spacial score (nSPS) is 16.9. The highest BCUT2D eigenvalue weighted by Gasteiger charge is 2.47. The minimum Gasteiger partial charge on any atom is -0.335 e. The van der Waals surface area contributed by atoms with Gasteiger partial charge in [0, 0.05) is 39.8 Å². The predicted octanol–water partition coefficient (Wildman–Crippen LogP) is 13.3. The largest absolute Gasteiger partial charge is 0.335 e. The third-order valence-electron chi connectivity index (χ3n) is 14.5. The van der Waals surface area contributed by atoms with Crippen molar-refractivity contribution >= 4 is 68.6 Å². The van der Waals surface area contributed by atoms with Crippen molar-refractivity contribution in [1.29, 1.82) is 0 Å². The van der Waals surface area contributed by atoms with Crippen molar-refractivity contribution in [3.8, 4) is 0 Å². The van der Waals surface area contributed by atoms with Gasteiger partial charge in [-0.1, -0.05) is 131 Å². The Morgan fingerprint density at radius 2 is 1.21 bits per heavy atom. The van der Waals surface area contributed by atoms with E-state index in [-0.39, 0.29) is 23.6 Å². The molecular weight excluding hydrogens is 749 g/mol. The number of anilines is 8. The highest BCUT2D eigenvalue weighted by molar-refractivity contribution is 7.00. The van der Waals surface area contributed by atoms with Crippen molar-refractivity contribution in [2.24, 2.45) is 5.41 Å². The summed E-state index contributed by atoms with van der Waals surface area (Å²) < 4.78 is 0. The van der Waals surface area contributed by atoms with E-state index in [1.54, 1.807) is 0 Å². The van der Waals surface area contributed by atoms with E-state index in [0.29, 0.717) is 0 Å². The summed E-state index contributed by atoms with van der Waals surface area (Å²) in [5.74, 6) is 0. The van der Waals surface area contributed by atoms with Crippen LogP contribution in [0.3, 0.4) is 0 Å². The number of para-hydroxylation sites is 1. The molecule has 1 atom stereocenters. The lowest BCUT2D eigenvalue weighted by Gasteiger charge is -2.48. The number of fused-ring (bicyclic) bond motifs is 6. The summed E-state index contributed by atoms with van der Waals surface area (Å²) in [6, 6.07) is 54.5. The number of aryl methyl sites for hydroxylation is 4. The van der Waals surface area contributed by atoms with Crippen LogP contribution in [0.15, 0.2) is 140 Å². The molecule has 0 radical (unpaired) electrons. The van der Waals surface area contributed by atoms with Gasteiger partial charge in [0.1, 0.15) is 0 Å². The molecular formula is C58H58BN3. The van der Waals surface area contributed by atoms with Crippen molar-refractivity contribution < 1.29 is 0 Å². The van der Waals surface area contributed by atoms with Crippen molar-refractivity contribution in [2.75, 3.05) is 14.7 Å². The van der Waals surface area contributed by atoms with E-state index in [2.05, 4.69) is 210 Å². The summed E-state index contributed by atoms with van der Waals surface area (Å²) in [5.41, 5.74) is 25.6. The highest BCUT2D eigenvalue weighted by Crippen LogP contribution is 2.51. The fourth-order valence-corrected chi connectivity index (χ4v) is 11.4. The Kier molecular flexibility index (Phi) is 8.96. The van der Waals surface area contributed by atoms with Crippen molar-refractivity contribution in [2.45, 2.75) is 99.0 Å². The summed E-state index contributed by atoms with van der Waals surface area (Å²) in [6.07, 6.45) is 5.59. The van der Waals surface area contributed by atoms with E-state index < -0.39 is 0 Å². The van der Waals surface area contributed by atoms with Crippen molar-refractivity contribution in [3.05, 3.63) is 184 Å². The van der Waals surface area contributed by atoms with Gasteiger partial charge in [-0.15, -0.1) is 0 Å². The SMILES string of the molecule is Cc1ccc(N(c2ccc(C)cc2)c2cc3c4c(c2)N(C2CCCc5ccccc52)c2ccc(C(C)(C)C)cc2B4c2cc4c(cc2N3c2ccccc2C)CC(C)(C)C4)cc1. The minimum atomic E-state index is -0.000514. The van der Waals surface area contributed by atoms with Gasteiger partial charge < -0.3 is 14.7 Å². The molecule has 2 aliphatic carbocycles. The molecule has 0 saturated carbocycles. The number of hydrogen-bond donors (Lipinski definition) is 0. The number of nitrogens with zero attached hydrogens (tertiary/aromatic N) is 3. The lowest BCUT2D eigenvalue weighted by Crippen LogP contribution is -2.62. The maximum absolute atomic E-state index is 2.79. The summed E-state index contributed by atoms with van der Waals surface area (Å²) in [6.45, 7) is 18.7. The standard InChI is InChI=1S/C58H58BN3/c1-37-20-25-44(26-21-37)60(45-27-22-38(2)23-28-45)46-33-54-56-55(34-46)62(51-19-13-16-40-15-10-11-17-47(40)51)52-29-24-43(57(4,5)6)32-49(52)59(56)48-30-41-35-58(7,8)36-42(41)31-53(48)61(54)50-18-12-9-14-39(50)3/h9-12,14-15,17-18,20-34,51H,13,16,19,35-36H2,1-8H3. The molecule has 1 unspecified atom stereocenters. The van der Waals surface area contributed by atoms with Crippen LogP contribution in [0.4, 0.5) is 45.5 Å². The third kappa shape index (κ3) is 6.32. The first-order valence-electron chi connectivity index (χ1n) is 23.0. The summed E-state index contributed by atoms with van der Waals surface area (Å²) in [7, 11) is 0. The van der Waals surface area contributed by atoms with Gasteiger partial charge in [-0.2, -0.15) is 0 Å². The van der Waals surface area contributed by atoms with Crippen LogP contribution in [0.5, 0.6) is 0 Å². The minimum absolute atomic E-state index is 0.000514. The molecule has 0 saturated heterocycles. The summed E-state index contributed by atoms with van der Waals surface area (Å²) in [5, 5.41) is 0. The van der Waals surface area contributed by atoms with Crippen LogP contribution < -0.4 is 31.1 Å². The zero-order valence-corrected chi connectivity index (χ0v) is 37.8. The summed E-state index contributed by atoms with van der Waals surface area (Å²) in [4.78, 5) is 7.94. The van der Waals surface area contributed by atoms with Gasteiger partial charge in [0.05, 0.1) is 11.7 Å². The Hall–Kier alpha value is -6.00. The molecule has 7 aromatic carbocycles. The van der Waals surface area contributed by atoms with E-state index in [9.17, 15) is 0 Å². The molecule has 4 heteroatoms. The quantitative estimate of drug-likeness (QED) is 0.160. The topological polar surface area (TPSA) is 9.72 Å². The number of benzene rings is 7. The number of hydrogen-bond acceptors (Lipinski definition) is 3. The Labute approximate surface area is 370 Å². The lowest BCUT2D eigenvalue weighted by atomic mass is 9.33. The molecule has 0 aromatic heterocycles. The van der Waals surface area contributed by atoms with Crippen LogP contribution in [0, 0.1) is 26.2 Å². The van der Waals surface area contributed by atoms with Crippen LogP contribution in [-0.4, -0.2) is 6.71 Å². The van der Waals surface area contributed by atoms with Crippen LogP contribution >= 0.6 is 0 Å². The molecule has 0 fully saturated rings. The van der Waals surface area contributed by atoms with E-state index in [1.165, 1.54) is 95.0 Å². The maximum atomic E-state index is 2.79. The van der Waals surface area contributed by atoms with Gasteiger partial charge in [0.25, 0.3) is 6.71 Å². The van der Waals surface area contributed by atoms with Crippen LogP contribution in [0.25, 0.3) is 0 Å². The average molecular weight is 808 g/mol. The lowest BCUT2D eigenvalue weighted by molar-refractivity contribution is 0.392. The van der Waals surface area contributed by atoms with Gasteiger partial charge in [0.15, 0.2) is 0 Å². The Morgan fingerprint density at radius 3 is 1.90 bits per heavy atom. The molecule has 2 aliphatic heterocycles. The van der Waals surface area contributed by atoms with Crippen LogP contribution in [0.1, 0.15) is 98.0 Å². The first-order chi connectivity index (χ1) is 29.8. The molecule has 308 valence electrons. The summed E-state index contributed by atoms with van der Waals surface area (Å²) >= 11 is 0. The molecule has 11 rings (SSSR count). The highest BCUT2D eigenvalue weighted by atomic mass is 15.2. The van der Waals surface area contributed by atoms with Gasteiger partial charge >= 0.3 is 0 Å². The molecule has 2 heterocycles. The van der Waals surface area contributed by atoms with Gasteiger partial charge in [-0.25, -0.2) is 0 Å². The van der Waals surface area contributed by atoms with Crippen molar-refractivity contribution in [3.63, 3.8) is 0 Å². The smallest absolute Gasteiger partial charge is 0.252 e. The van der Waals surface area contributed by atoms with E-state index >= 15 is 0 Å². The van der Waals surface area contributed by atoms with Gasteiger partial charge in [0.2, 0.25) is 0 Å². The zero-order chi connectivity index (χ0) is 42.7. The predicted molar refractivity (Wildman–Crippen MR) is 265 cm³/mol. The third-order valence-corrected chi connectivity index (χ3v) is 14.5. The fraction of sp³-hybridized carbons (Fsp3) is 0.276. The monoisotopic (exact) mass is 807 g/mol. The van der Waals surface area contributed by atoms with Crippen molar-refractivity contribution in [1.82, 2.24) is 0 Å². The first kappa shape index (κ1) is 38.9. The molecule has 3 nitrogen and oxygen atoms in total. The molecule has 0 bridgehead atoms. The second kappa shape index (κ2) is 14.3. The fourth-order valence-electron chi connectivity index (χ4n) is 11.4. The second-order valence-corrected chi connectivity index (χ2v) is 20.7. The van der Waals surface area contributed by atoms with E-state index in [0.717, 1.165) is 43.5 Å². The Balaban J connectivity index is 1.28. The molecule has 0 amide bonds. The van der Waals surface area contributed by atoms with E-state index in [4.69, 9.17) is 0 Å². The first-order valence-corrected chi connectivity index (χ1v) is 23.0. The van der Waals surface area contributed by atoms with E-state index in [1.807, 2.05) is 0 Å². The molecule has 62 heavy (non-hydrogen) atoms. The molecule has 7 aromatic rings. The maximum Gasteiger partial charge on any atom is 0.252 e.